The molecular weight excluding hydrogens is 470 g/mol. The molecule has 0 bridgehead atoms. The van der Waals surface area contributed by atoms with Crippen LogP contribution in [0.25, 0.3) is 0 Å². The SMILES string of the molecule is CCCCC(C)(CCCCCCCCCC1Cc2cc(O)ccc2[C@H]2CC[C@]3(C)C(O)CC[C@H]3[C@H]12)C(N)=O. The van der Waals surface area contributed by atoms with Crippen molar-refractivity contribution in [1.29, 1.82) is 0 Å². The molecule has 1 amide bonds. The molecule has 4 nitrogen and oxygen atoms in total. The molecule has 4 heteroatoms. The highest BCUT2D eigenvalue weighted by Crippen LogP contribution is 2.62. The van der Waals surface area contributed by atoms with Gasteiger partial charge in [-0.15, -0.1) is 0 Å². The van der Waals surface area contributed by atoms with E-state index in [4.69, 9.17) is 5.73 Å². The fourth-order valence-electron chi connectivity index (χ4n) is 8.78. The number of nitrogens with two attached hydrogens (primary N) is 1. The van der Waals surface area contributed by atoms with Crippen molar-refractivity contribution < 1.29 is 15.0 Å². The standard InChI is InChI=1S/C34H55NO3/c1-4-5-19-33(2,32(35)38)20-12-10-8-6-7-9-11-13-24-22-25-23-26(36)14-15-27(25)28-18-21-34(3)29(31(24)28)16-17-30(34)37/h14-15,23-24,28-31,36-37H,4-13,16-22H2,1-3H3,(H2,35,38)/t24?,28-,29+,30?,31-,33?,34+/m1/s1. The molecule has 3 unspecified atom stereocenters. The summed E-state index contributed by atoms with van der Waals surface area (Å²) in [5.74, 6) is 2.84. The predicted octanol–water partition coefficient (Wildman–Crippen LogP) is 8.03. The third-order valence-corrected chi connectivity index (χ3v) is 11.3. The Hall–Kier alpha value is -1.55. The van der Waals surface area contributed by atoms with Gasteiger partial charge in [0.25, 0.3) is 0 Å². The third kappa shape index (κ3) is 6.26. The lowest BCUT2D eigenvalue weighted by molar-refractivity contribution is -0.127. The fraction of sp³-hybridized carbons (Fsp3) is 0.794. The first kappa shape index (κ1) is 29.4. The van der Waals surface area contributed by atoms with E-state index in [0.29, 0.717) is 29.4 Å². The minimum absolute atomic E-state index is 0.0922. The molecule has 2 fully saturated rings. The molecule has 0 heterocycles. The number of aliphatic hydroxyl groups excluding tert-OH is 1. The molecule has 1 aromatic carbocycles. The number of hydrogen-bond acceptors (Lipinski definition) is 3. The molecule has 7 atom stereocenters. The normalized spacial score (nSPS) is 31.7. The number of fused-ring (bicyclic) bond motifs is 5. The molecule has 4 N–H and O–H groups in total. The summed E-state index contributed by atoms with van der Waals surface area (Å²) < 4.78 is 0. The second kappa shape index (κ2) is 12.7. The topological polar surface area (TPSA) is 83.6 Å². The van der Waals surface area contributed by atoms with Gasteiger partial charge in [-0.05, 0) is 104 Å². The number of unbranched alkanes of at least 4 members (excludes halogenated alkanes) is 7. The Morgan fingerprint density at radius 3 is 2.42 bits per heavy atom. The summed E-state index contributed by atoms with van der Waals surface area (Å²) in [6.07, 6.45) is 19.4. The quantitative estimate of drug-likeness (QED) is 0.215. The maximum absolute atomic E-state index is 12.0. The van der Waals surface area contributed by atoms with E-state index >= 15 is 0 Å². The van der Waals surface area contributed by atoms with Crippen LogP contribution in [0.3, 0.4) is 0 Å². The fourth-order valence-corrected chi connectivity index (χ4v) is 8.78. The number of phenols is 1. The van der Waals surface area contributed by atoms with E-state index in [-0.39, 0.29) is 22.8 Å². The number of carbonyl (C=O) groups is 1. The van der Waals surface area contributed by atoms with E-state index in [2.05, 4.69) is 26.8 Å². The minimum Gasteiger partial charge on any atom is -0.508 e. The maximum atomic E-state index is 12.0. The Balaban J connectivity index is 1.24. The Morgan fingerprint density at radius 2 is 1.71 bits per heavy atom. The molecule has 1 aromatic rings. The summed E-state index contributed by atoms with van der Waals surface area (Å²) in [5, 5.41) is 21.1. The van der Waals surface area contributed by atoms with Crippen LogP contribution in [-0.2, 0) is 11.2 Å². The number of hydrogen-bond donors (Lipinski definition) is 3. The zero-order valence-corrected chi connectivity index (χ0v) is 24.5. The zero-order chi connectivity index (χ0) is 27.3. The van der Waals surface area contributed by atoms with Crippen LogP contribution in [-0.4, -0.2) is 22.2 Å². The molecule has 2 saturated carbocycles. The van der Waals surface area contributed by atoms with E-state index in [1.165, 1.54) is 68.9 Å². The van der Waals surface area contributed by atoms with E-state index < -0.39 is 0 Å². The van der Waals surface area contributed by atoms with Gasteiger partial charge in [-0.2, -0.15) is 0 Å². The van der Waals surface area contributed by atoms with Crippen molar-refractivity contribution in [3.05, 3.63) is 29.3 Å². The van der Waals surface area contributed by atoms with Crippen LogP contribution < -0.4 is 5.73 Å². The van der Waals surface area contributed by atoms with Gasteiger partial charge < -0.3 is 15.9 Å². The zero-order valence-electron chi connectivity index (χ0n) is 24.5. The lowest BCUT2D eigenvalue weighted by atomic mass is 9.52. The van der Waals surface area contributed by atoms with Crippen molar-refractivity contribution in [3.63, 3.8) is 0 Å². The van der Waals surface area contributed by atoms with Crippen LogP contribution in [0, 0.1) is 28.6 Å². The third-order valence-electron chi connectivity index (χ3n) is 11.3. The number of phenolic OH excluding ortho intramolecular Hbond substituents is 1. The maximum Gasteiger partial charge on any atom is 0.223 e. The van der Waals surface area contributed by atoms with Crippen LogP contribution in [0.15, 0.2) is 18.2 Å². The van der Waals surface area contributed by atoms with Gasteiger partial charge in [0.2, 0.25) is 5.91 Å². The van der Waals surface area contributed by atoms with Gasteiger partial charge in [-0.1, -0.05) is 84.6 Å². The number of aromatic hydroxyl groups is 1. The first-order valence-corrected chi connectivity index (χ1v) is 16.0. The number of amides is 1. The number of carbonyl (C=O) groups excluding carboxylic acids is 1. The lowest BCUT2D eigenvalue weighted by Crippen LogP contribution is -2.47. The Labute approximate surface area is 232 Å². The lowest BCUT2D eigenvalue weighted by Gasteiger charge is -2.53. The second-order valence-corrected chi connectivity index (χ2v) is 13.8. The monoisotopic (exact) mass is 525 g/mol. The van der Waals surface area contributed by atoms with Crippen molar-refractivity contribution in [2.24, 2.45) is 34.3 Å². The van der Waals surface area contributed by atoms with E-state index in [1.54, 1.807) is 0 Å². The van der Waals surface area contributed by atoms with E-state index in [0.717, 1.165) is 51.4 Å². The number of rotatable bonds is 14. The smallest absolute Gasteiger partial charge is 0.223 e. The summed E-state index contributed by atoms with van der Waals surface area (Å²) in [7, 11) is 0. The summed E-state index contributed by atoms with van der Waals surface area (Å²) in [5.41, 5.74) is 8.35. The highest BCUT2D eigenvalue weighted by molar-refractivity contribution is 5.80. The Bertz CT molecular complexity index is 930. The van der Waals surface area contributed by atoms with Crippen LogP contribution in [0.2, 0.25) is 0 Å². The van der Waals surface area contributed by atoms with Crippen LogP contribution in [0.1, 0.15) is 141 Å². The Morgan fingerprint density at radius 1 is 1.03 bits per heavy atom. The molecule has 0 saturated heterocycles. The van der Waals surface area contributed by atoms with Crippen molar-refractivity contribution in [2.75, 3.05) is 0 Å². The van der Waals surface area contributed by atoms with E-state index in [1.807, 2.05) is 12.1 Å². The van der Waals surface area contributed by atoms with Crippen molar-refractivity contribution in [2.45, 2.75) is 142 Å². The van der Waals surface area contributed by atoms with Gasteiger partial charge in [0.1, 0.15) is 5.75 Å². The molecule has 0 radical (unpaired) electrons. The summed E-state index contributed by atoms with van der Waals surface area (Å²) in [4.78, 5) is 12.0. The minimum atomic E-state index is -0.326. The van der Waals surface area contributed by atoms with Crippen molar-refractivity contribution in [3.8, 4) is 5.75 Å². The van der Waals surface area contributed by atoms with Gasteiger partial charge in [0, 0.05) is 5.41 Å². The Kier molecular flexibility index (Phi) is 9.87. The summed E-state index contributed by atoms with van der Waals surface area (Å²) >= 11 is 0. The summed E-state index contributed by atoms with van der Waals surface area (Å²) in [6, 6.07) is 6.11. The van der Waals surface area contributed by atoms with Gasteiger partial charge in [-0.3, -0.25) is 4.79 Å². The van der Waals surface area contributed by atoms with Gasteiger partial charge >= 0.3 is 0 Å². The van der Waals surface area contributed by atoms with Gasteiger partial charge in [0.15, 0.2) is 0 Å². The molecule has 0 aromatic heterocycles. The molecule has 3 aliphatic rings. The second-order valence-electron chi connectivity index (χ2n) is 13.8. The van der Waals surface area contributed by atoms with Crippen LogP contribution >= 0.6 is 0 Å². The van der Waals surface area contributed by atoms with E-state index in [9.17, 15) is 15.0 Å². The average molecular weight is 526 g/mol. The molecule has 3 aliphatic carbocycles. The highest BCUT2D eigenvalue weighted by atomic mass is 16.3. The predicted molar refractivity (Wildman–Crippen MR) is 156 cm³/mol. The number of primary amides is 1. The van der Waals surface area contributed by atoms with Crippen molar-refractivity contribution >= 4 is 5.91 Å². The molecule has 214 valence electrons. The van der Waals surface area contributed by atoms with Gasteiger partial charge in [0.05, 0.1) is 6.10 Å². The molecule has 4 rings (SSSR count). The average Bonchev–Trinajstić information content (AvgIpc) is 3.20. The molecule has 0 spiro atoms. The highest BCUT2D eigenvalue weighted by Gasteiger charge is 2.56. The molecular formula is C34H55NO3. The van der Waals surface area contributed by atoms with Crippen LogP contribution in [0.4, 0.5) is 0 Å². The summed E-state index contributed by atoms with van der Waals surface area (Å²) in [6.45, 7) is 6.59. The van der Waals surface area contributed by atoms with Crippen molar-refractivity contribution in [1.82, 2.24) is 0 Å². The number of benzene rings is 1. The largest absolute Gasteiger partial charge is 0.508 e. The number of aliphatic hydroxyl groups is 1. The first-order chi connectivity index (χ1) is 18.2. The molecule has 38 heavy (non-hydrogen) atoms. The van der Waals surface area contributed by atoms with Crippen LogP contribution in [0.5, 0.6) is 5.75 Å². The molecule has 0 aliphatic heterocycles. The van der Waals surface area contributed by atoms with Gasteiger partial charge in [-0.25, -0.2) is 0 Å². The first-order valence-electron chi connectivity index (χ1n) is 16.0.